The molecular weight excluding hydrogens is 254 g/mol. The molecule has 0 heterocycles. The first-order valence-corrected chi connectivity index (χ1v) is 6.18. The van der Waals surface area contributed by atoms with Gasteiger partial charge in [0, 0.05) is 24.4 Å². The SMILES string of the molecule is O=C(O)CCCCC(=O)NCc1cccc(Cl)c1. The van der Waals surface area contributed by atoms with E-state index >= 15 is 0 Å². The van der Waals surface area contributed by atoms with Gasteiger partial charge in [0.15, 0.2) is 0 Å². The minimum atomic E-state index is -0.825. The summed E-state index contributed by atoms with van der Waals surface area (Å²) in [5.41, 5.74) is 0.946. The molecule has 1 rings (SSSR count). The van der Waals surface area contributed by atoms with Crippen LogP contribution in [0.3, 0.4) is 0 Å². The molecule has 0 saturated carbocycles. The van der Waals surface area contributed by atoms with Crippen molar-refractivity contribution in [3.63, 3.8) is 0 Å². The lowest BCUT2D eigenvalue weighted by Gasteiger charge is -2.05. The first-order valence-electron chi connectivity index (χ1n) is 5.81. The molecule has 1 aromatic carbocycles. The Kier molecular flexibility index (Phi) is 6.22. The topological polar surface area (TPSA) is 66.4 Å². The second-order valence-corrected chi connectivity index (χ2v) is 4.44. The van der Waals surface area contributed by atoms with Gasteiger partial charge in [0.2, 0.25) is 5.91 Å². The number of carbonyl (C=O) groups is 2. The molecule has 4 nitrogen and oxygen atoms in total. The molecule has 2 N–H and O–H groups in total. The first kappa shape index (κ1) is 14.5. The number of carboxylic acids is 1. The zero-order valence-corrected chi connectivity index (χ0v) is 10.7. The van der Waals surface area contributed by atoms with Crippen molar-refractivity contribution < 1.29 is 14.7 Å². The smallest absolute Gasteiger partial charge is 0.303 e. The average molecular weight is 270 g/mol. The Morgan fingerprint density at radius 2 is 1.94 bits per heavy atom. The molecule has 18 heavy (non-hydrogen) atoms. The van der Waals surface area contributed by atoms with Crippen LogP contribution in [0.15, 0.2) is 24.3 Å². The lowest BCUT2D eigenvalue weighted by molar-refractivity contribution is -0.137. The highest BCUT2D eigenvalue weighted by atomic mass is 35.5. The third-order valence-electron chi connectivity index (χ3n) is 2.42. The Balaban J connectivity index is 2.19. The lowest BCUT2D eigenvalue weighted by Crippen LogP contribution is -2.22. The third kappa shape index (κ3) is 6.25. The minimum absolute atomic E-state index is 0.0691. The van der Waals surface area contributed by atoms with Crippen LogP contribution >= 0.6 is 11.6 Å². The normalized spacial score (nSPS) is 10.1. The molecule has 98 valence electrons. The van der Waals surface area contributed by atoms with Crippen LogP contribution in [0.5, 0.6) is 0 Å². The molecular formula is C13H16ClNO3. The van der Waals surface area contributed by atoms with Gasteiger partial charge in [0.05, 0.1) is 0 Å². The van der Waals surface area contributed by atoms with Crippen LogP contribution in [-0.2, 0) is 16.1 Å². The van der Waals surface area contributed by atoms with E-state index in [1.54, 1.807) is 12.1 Å². The standard InChI is InChI=1S/C13H16ClNO3/c14-11-5-3-4-10(8-11)9-15-12(16)6-1-2-7-13(17)18/h3-5,8H,1-2,6-7,9H2,(H,15,16)(H,17,18). The fourth-order valence-corrected chi connectivity index (χ4v) is 1.71. The minimum Gasteiger partial charge on any atom is -0.481 e. The maximum atomic E-state index is 11.5. The zero-order chi connectivity index (χ0) is 13.4. The quantitative estimate of drug-likeness (QED) is 0.748. The fraction of sp³-hybridized carbons (Fsp3) is 0.385. The highest BCUT2D eigenvalue weighted by Crippen LogP contribution is 2.10. The molecule has 0 fully saturated rings. The summed E-state index contributed by atoms with van der Waals surface area (Å²) in [6.07, 6.45) is 1.59. The van der Waals surface area contributed by atoms with Crippen LogP contribution in [0, 0.1) is 0 Å². The van der Waals surface area contributed by atoms with Crippen molar-refractivity contribution >= 4 is 23.5 Å². The highest BCUT2D eigenvalue weighted by Gasteiger charge is 2.03. The van der Waals surface area contributed by atoms with Gasteiger partial charge in [-0.3, -0.25) is 9.59 Å². The Morgan fingerprint density at radius 1 is 1.22 bits per heavy atom. The molecule has 1 amide bonds. The third-order valence-corrected chi connectivity index (χ3v) is 2.66. The van der Waals surface area contributed by atoms with E-state index in [-0.39, 0.29) is 12.3 Å². The van der Waals surface area contributed by atoms with Crippen molar-refractivity contribution in [2.24, 2.45) is 0 Å². The second-order valence-electron chi connectivity index (χ2n) is 4.01. The lowest BCUT2D eigenvalue weighted by atomic mass is 10.2. The van der Waals surface area contributed by atoms with Crippen LogP contribution in [0.4, 0.5) is 0 Å². The van der Waals surface area contributed by atoms with Gasteiger partial charge in [-0.2, -0.15) is 0 Å². The van der Waals surface area contributed by atoms with E-state index in [2.05, 4.69) is 5.32 Å². The van der Waals surface area contributed by atoms with Crippen LogP contribution < -0.4 is 5.32 Å². The van der Waals surface area contributed by atoms with Gasteiger partial charge in [0.25, 0.3) is 0 Å². The number of benzene rings is 1. The second kappa shape index (κ2) is 7.71. The predicted octanol–water partition coefficient (Wildman–Crippen LogP) is 2.60. The van der Waals surface area contributed by atoms with Gasteiger partial charge in [-0.15, -0.1) is 0 Å². The molecule has 1 aromatic rings. The molecule has 0 spiro atoms. The summed E-state index contributed by atoms with van der Waals surface area (Å²) < 4.78 is 0. The van der Waals surface area contributed by atoms with Crippen LogP contribution in [0.1, 0.15) is 31.2 Å². The van der Waals surface area contributed by atoms with Crippen LogP contribution in [-0.4, -0.2) is 17.0 Å². The number of halogens is 1. The van der Waals surface area contributed by atoms with E-state index < -0.39 is 5.97 Å². The van der Waals surface area contributed by atoms with E-state index in [0.717, 1.165) is 5.56 Å². The van der Waals surface area contributed by atoms with Gasteiger partial charge in [-0.25, -0.2) is 0 Å². The van der Waals surface area contributed by atoms with Crippen molar-refractivity contribution in [1.29, 1.82) is 0 Å². The Morgan fingerprint density at radius 3 is 2.61 bits per heavy atom. The van der Waals surface area contributed by atoms with Crippen molar-refractivity contribution in [3.05, 3.63) is 34.9 Å². The molecule has 0 aliphatic carbocycles. The predicted molar refractivity (Wildman–Crippen MR) is 69.4 cm³/mol. The van der Waals surface area contributed by atoms with Crippen molar-refractivity contribution in [2.45, 2.75) is 32.2 Å². The van der Waals surface area contributed by atoms with Gasteiger partial charge in [-0.05, 0) is 30.5 Å². The fourth-order valence-electron chi connectivity index (χ4n) is 1.50. The number of amides is 1. The number of rotatable bonds is 7. The molecule has 0 bridgehead atoms. The maximum absolute atomic E-state index is 11.5. The Labute approximate surface area is 111 Å². The summed E-state index contributed by atoms with van der Waals surface area (Å²) in [4.78, 5) is 21.7. The summed E-state index contributed by atoms with van der Waals surface area (Å²) in [6.45, 7) is 0.443. The van der Waals surface area contributed by atoms with Gasteiger partial charge >= 0.3 is 5.97 Å². The van der Waals surface area contributed by atoms with E-state index in [4.69, 9.17) is 16.7 Å². The van der Waals surface area contributed by atoms with Crippen molar-refractivity contribution in [3.8, 4) is 0 Å². The summed E-state index contributed by atoms with van der Waals surface area (Å²) >= 11 is 5.82. The van der Waals surface area contributed by atoms with Crippen molar-refractivity contribution in [2.75, 3.05) is 0 Å². The summed E-state index contributed by atoms with van der Waals surface area (Å²) in [5, 5.41) is 11.9. The first-order chi connectivity index (χ1) is 8.58. The Hall–Kier alpha value is -1.55. The summed E-state index contributed by atoms with van der Waals surface area (Å²) in [7, 11) is 0. The number of hydrogen-bond donors (Lipinski definition) is 2. The van der Waals surface area contributed by atoms with Crippen LogP contribution in [0.2, 0.25) is 5.02 Å². The van der Waals surface area contributed by atoms with Crippen molar-refractivity contribution in [1.82, 2.24) is 5.32 Å². The molecule has 5 heteroatoms. The summed E-state index contributed by atoms with van der Waals surface area (Å²) in [5.74, 6) is -0.894. The van der Waals surface area contributed by atoms with E-state index in [9.17, 15) is 9.59 Å². The van der Waals surface area contributed by atoms with Crippen LogP contribution in [0.25, 0.3) is 0 Å². The largest absolute Gasteiger partial charge is 0.481 e. The molecule has 0 aliphatic rings. The number of nitrogens with one attached hydrogen (secondary N) is 1. The molecule has 0 radical (unpaired) electrons. The van der Waals surface area contributed by atoms with E-state index in [1.165, 1.54) is 0 Å². The number of unbranched alkanes of at least 4 members (excludes halogenated alkanes) is 1. The average Bonchev–Trinajstić information content (AvgIpc) is 2.32. The molecule has 0 atom stereocenters. The summed E-state index contributed by atoms with van der Waals surface area (Å²) in [6, 6.07) is 7.29. The number of aliphatic carboxylic acids is 1. The number of carbonyl (C=O) groups excluding carboxylic acids is 1. The maximum Gasteiger partial charge on any atom is 0.303 e. The van der Waals surface area contributed by atoms with Gasteiger partial charge in [0.1, 0.15) is 0 Å². The molecule has 0 unspecified atom stereocenters. The number of carboxylic acid groups (broad SMARTS) is 1. The Bertz CT molecular complexity index is 420. The molecule has 0 aliphatic heterocycles. The number of hydrogen-bond acceptors (Lipinski definition) is 2. The van der Waals surface area contributed by atoms with E-state index in [0.29, 0.717) is 30.8 Å². The molecule has 0 saturated heterocycles. The molecule has 0 aromatic heterocycles. The zero-order valence-electron chi connectivity index (χ0n) is 9.99. The highest BCUT2D eigenvalue weighted by molar-refractivity contribution is 6.30. The van der Waals surface area contributed by atoms with E-state index in [1.807, 2.05) is 12.1 Å². The monoisotopic (exact) mass is 269 g/mol. The van der Waals surface area contributed by atoms with Gasteiger partial charge < -0.3 is 10.4 Å². The van der Waals surface area contributed by atoms with Gasteiger partial charge in [-0.1, -0.05) is 23.7 Å².